The molecule has 0 unspecified atom stereocenters. The zero-order valence-electron chi connectivity index (χ0n) is 5.39. The van der Waals surface area contributed by atoms with Crippen LogP contribution in [0.5, 0.6) is 0 Å². The molecule has 0 aromatic rings. The summed E-state index contributed by atoms with van der Waals surface area (Å²) < 4.78 is 5.00. The lowest BCUT2D eigenvalue weighted by molar-refractivity contribution is 0.0929. The maximum atomic E-state index is 8.25. The molecule has 8 heavy (non-hydrogen) atoms. The fraction of sp³-hybridized carbons (Fsp3) is 1.00. The van der Waals surface area contributed by atoms with Crippen LogP contribution in [0.15, 0.2) is 0 Å². The second kappa shape index (κ2) is 7.14. The summed E-state index contributed by atoms with van der Waals surface area (Å²) in [5.41, 5.74) is 0. The molecule has 0 aromatic carbocycles. The minimum absolute atomic E-state index is 0.154. The molecule has 0 aliphatic heterocycles. The minimum atomic E-state index is 0.154. The Bertz CT molecular complexity index is 35.4. The topological polar surface area (TPSA) is 29.5 Å². The van der Waals surface area contributed by atoms with Crippen LogP contribution in [0.3, 0.4) is 0 Å². The first kappa shape index (κ1) is 8.14. The van der Waals surface area contributed by atoms with Crippen molar-refractivity contribution < 1.29 is 9.84 Å². The molecule has 0 atom stereocenters. The van der Waals surface area contributed by atoms with E-state index in [0.29, 0.717) is 6.61 Å². The second-order valence-corrected chi connectivity index (χ2v) is 2.69. The normalized spacial score (nSPS) is 10.1. The molecule has 0 heterocycles. The van der Waals surface area contributed by atoms with Crippen LogP contribution in [0.2, 0.25) is 6.04 Å². The summed E-state index contributed by atoms with van der Waals surface area (Å²) in [5.74, 6) is 0. The third-order valence-corrected chi connectivity index (χ3v) is 1.58. The van der Waals surface area contributed by atoms with Crippen LogP contribution in [-0.4, -0.2) is 35.2 Å². The van der Waals surface area contributed by atoms with Gasteiger partial charge in [0.1, 0.15) is 0 Å². The van der Waals surface area contributed by atoms with Crippen LogP contribution in [0.25, 0.3) is 0 Å². The summed E-state index contributed by atoms with van der Waals surface area (Å²) in [6.45, 7) is 1.48. The first-order chi connectivity index (χ1) is 3.91. The van der Waals surface area contributed by atoms with E-state index in [2.05, 4.69) is 0 Å². The molecule has 0 saturated carbocycles. The summed E-state index contributed by atoms with van der Waals surface area (Å²) >= 11 is 0. The van der Waals surface area contributed by atoms with Crippen molar-refractivity contribution in [2.45, 2.75) is 12.5 Å². The van der Waals surface area contributed by atoms with E-state index in [-0.39, 0.29) is 6.61 Å². The maximum absolute atomic E-state index is 8.25. The van der Waals surface area contributed by atoms with E-state index in [4.69, 9.17) is 9.84 Å². The van der Waals surface area contributed by atoms with Gasteiger partial charge in [0.2, 0.25) is 0 Å². The van der Waals surface area contributed by atoms with Gasteiger partial charge in [0.25, 0.3) is 0 Å². The maximum Gasteiger partial charge on any atom is 0.0697 e. The number of aliphatic hydroxyl groups is 1. The van der Waals surface area contributed by atoms with E-state index < -0.39 is 0 Å². The summed E-state index contributed by atoms with van der Waals surface area (Å²) in [4.78, 5) is 0. The number of rotatable bonds is 5. The molecule has 0 aliphatic rings. The second-order valence-electron chi connectivity index (χ2n) is 1.69. The summed E-state index contributed by atoms with van der Waals surface area (Å²) in [6.07, 6.45) is 1.16. The largest absolute Gasteiger partial charge is 0.394 e. The highest BCUT2D eigenvalue weighted by Crippen LogP contribution is 1.84. The molecular weight excluding hydrogens is 120 g/mol. The first-order valence-electron chi connectivity index (χ1n) is 3.10. The molecule has 2 nitrogen and oxygen atoms in total. The Morgan fingerprint density at radius 2 is 2.12 bits per heavy atom. The van der Waals surface area contributed by atoms with Gasteiger partial charge in [0, 0.05) is 16.8 Å². The molecular formula is C5H14O2Si. The van der Waals surface area contributed by atoms with Gasteiger partial charge in [0.05, 0.1) is 13.2 Å². The van der Waals surface area contributed by atoms with E-state index in [9.17, 15) is 0 Å². The van der Waals surface area contributed by atoms with Gasteiger partial charge in [-0.25, -0.2) is 0 Å². The van der Waals surface area contributed by atoms with Crippen molar-refractivity contribution in [2.24, 2.45) is 0 Å². The van der Waals surface area contributed by atoms with Crippen molar-refractivity contribution in [1.82, 2.24) is 0 Å². The highest BCUT2D eigenvalue weighted by Gasteiger charge is 1.82. The van der Waals surface area contributed by atoms with E-state index in [0.717, 1.165) is 13.0 Å². The van der Waals surface area contributed by atoms with Crippen LogP contribution in [0.1, 0.15) is 6.42 Å². The first-order valence-corrected chi connectivity index (χ1v) is 4.51. The minimum Gasteiger partial charge on any atom is -0.394 e. The molecule has 0 aliphatic carbocycles. The van der Waals surface area contributed by atoms with Crippen molar-refractivity contribution in [3.05, 3.63) is 0 Å². The van der Waals surface area contributed by atoms with Gasteiger partial charge in [-0.05, 0) is 6.42 Å². The number of hydrogen-bond donors (Lipinski definition) is 1. The Morgan fingerprint density at radius 1 is 1.38 bits per heavy atom. The van der Waals surface area contributed by atoms with Gasteiger partial charge in [-0.3, -0.25) is 0 Å². The van der Waals surface area contributed by atoms with Crippen LogP contribution >= 0.6 is 0 Å². The monoisotopic (exact) mass is 134 g/mol. The average Bonchev–Trinajstić information content (AvgIpc) is 1.81. The molecule has 0 rings (SSSR count). The van der Waals surface area contributed by atoms with Crippen molar-refractivity contribution in [3.8, 4) is 0 Å². The van der Waals surface area contributed by atoms with E-state index in [1.807, 2.05) is 0 Å². The van der Waals surface area contributed by atoms with Crippen LogP contribution < -0.4 is 0 Å². The number of hydrogen-bond acceptors (Lipinski definition) is 2. The molecule has 0 saturated heterocycles. The molecule has 0 fully saturated rings. The Hall–Kier alpha value is 0.137. The van der Waals surface area contributed by atoms with Gasteiger partial charge in [-0.15, -0.1) is 0 Å². The third-order valence-electron chi connectivity index (χ3n) is 0.878. The highest BCUT2D eigenvalue weighted by molar-refractivity contribution is 6.08. The van der Waals surface area contributed by atoms with Gasteiger partial charge in [-0.1, -0.05) is 6.04 Å². The highest BCUT2D eigenvalue weighted by atomic mass is 28.1. The Labute approximate surface area is 53.3 Å². The lowest BCUT2D eigenvalue weighted by Gasteiger charge is -1.97. The van der Waals surface area contributed by atoms with E-state index in [1.165, 1.54) is 16.3 Å². The molecule has 50 valence electrons. The molecule has 1 N–H and O–H groups in total. The standard InChI is InChI=1S/C5H14O2Si/c6-2-4-7-3-1-5-8/h6H,1-5H2,8H3. The van der Waals surface area contributed by atoms with Gasteiger partial charge in [0.15, 0.2) is 0 Å². The van der Waals surface area contributed by atoms with Crippen molar-refractivity contribution >= 4 is 10.2 Å². The molecule has 3 heteroatoms. The van der Waals surface area contributed by atoms with Gasteiger partial charge < -0.3 is 9.84 Å². The van der Waals surface area contributed by atoms with Gasteiger partial charge in [-0.2, -0.15) is 0 Å². The predicted molar refractivity (Wildman–Crippen MR) is 37.3 cm³/mol. The summed E-state index contributed by atoms with van der Waals surface area (Å²) in [6, 6.07) is 1.30. The summed E-state index contributed by atoms with van der Waals surface area (Å²) in [5, 5.41) is 8.25. The van der Waals surface area contributed by atoms with E-state index in [1.54, 1.807) is 0 Å². The van der Waals surface area contributed by atoms with Crippen molar-refractivity contribution in [1.29, 1.82) is 0 Å². The quantitative estimate of drug-likeness (QED) is 0.393. The number of ether oxygens (including phenoxy) is 1. The zero-order chi connectivity index (χ0) is 6.24. The smallest absolute Gasteiger partial charge is 0.0697 e. The molecule has 0 radical (unpaired) electrons. The zero-order valence-corrected chi connectivity index (χ0v) is 7.39. The van der Waals surface area contributed by atoms with Gasteiger partial charge >= 0.3 is 0 Å². The van der Waals surface area contributed by atoms with E-state index >= 15 is 0 Å². The Morgan fingerprint density at radius 3 is 2.62 bits per heavy atom. The van der Waals surface area contributed by atoms with Crippen molar-refractivity contribution in [3.63, 3.8) is 0 Å². The van der Waals surface area contributed by atoms with Crippen molar-refractivity contribution in [2.75, 3.05) is 19.8 Å². The fourth-order valence-electron chi connectivity index (χ4n) is 0.413. The van der Waals surface area contributed by atoms with Crippen LogP contribution in [0, 0.1) is 0 Å². The SMILES string of the molecule is OCCOCCC[SiH3]. The lowest BCUT2D eigenvalue weighted by atomic mass is 10.5. The molecule has 0 amide bonds. The predicted octanol–water partition coefficient (Wildman–Crippen LogP) is -0.831. The molecule has 0 bridgehead atoms. The average molecular weight is 134 g/mol. The summed E-state index contributed by atoms with van der Waals surface area (Å²) in [7, 11) is 1.26. The van der Waals surface area contributed by atoms with Crippen LogP contribution in [-0.2, 0) is 4.74 Å². The fourth-order valence-corrected chi connectivity index (χ4v) is 0.702. The molecule has 0 spiro atoms. The Balaban J connectivity index is 2.53. The lowest BCUT2D eigenvalue weighted by Crippen LogP contribution is -1.99. The Kier molecular flexibility index (Phi) is 7.26. The van der Waals surface area contributed by atoms with Crippen LogP contribution in [0.4, 0.5) is 0 Å². The third kappa shape index (κ3) is 6.14. The molecule has 0 aromatic heterocycles. The number of aliphatic hydroxyl groups excluding tert-OH is 1.